The minimum Gasteiger partial charge on any atom is -0.456 e. The predicted octanol–water partition coefficient (Wildman–Crippen LogP) is 4.53. The van der Waals surface area contributed by atoms with Gasteiger partial charge in [-0.05, 0) is 26.2 Å². The van der Waals surface area contributed by atoms with Crippen LogP contribution < -0.4 is 5.56 Å². The van der Waals surface area contributed by atoms with Gasteiger partial charge in [-0.2, -0.15) is 0 Å². The molecule has 0 aliphatic carbocycles. The number of aromatic amines is 1. The summed E-state index contributed by atoms with van der Waals surface area (Å²) >= 11 is 0. The van der Waals surface area contributed by atoms with Gasteiger partial charge in [0.25, 0.3) is 5.56 Å². The van der Waals surface area contributed by atoms with Crippen LogP contribution in [0.3, 0.4) is 0 Å². The Balaban J connectivity index is 1.94. The topological polar surface area (TPSA) is 95.8 Å². The fraction of sp³-hybridized carbons (Fsp3) is 0.750. The zero-order chi connectivity index (χ0) is 23.0. The predicted molar refractivity (Wildman–Crippen MR) is 122 cm³/mol. The first-order valence-electron chi connectivity index (χ1n) is 12.0. The van der Waals surface area contributed by atoms with E-state index in [1.165, 1.54) is 6.33 Å². The highest BCUT2D eigenvalue weighted by atomic mass is 16.6. The Morgan fingerprint density at radius 3 is 2.56 bits per heavy atom. The minimum atomic E-state index is -0.775. The molecule has 0 bridgehead atoms. The summed E-state index contributed by atoms with van der Waals surface area (Å²) in [5, 5.41) is 0. The van der Waals surface area contributed by atoms with Gasteiger partial charge >= 0.3 is 0 Å². The molecule has 0 aromatic carbocycles. The van der Waals surface area contributed by atoms with Crippen LogP contribution in [0.5, 0.6) is 0 Å². The summed E-state index contributed by atoms with van der Waals surface area (Å²) in [4.78, 5) is 19.1. The number of nitrogens with one attached hydrogen (secondary N) is 1. The van der Waals surface area contributed by atoms with E-state index in [1.807, 2.05) is 6.92 Å². The van der Waals surface area contributed by atoms with Gasteiger partial charge in [-0.3, -0.25) is 4.79 Å². The monoisotopic (exact) mass is 450 g/mol. The molecule has 0 unspecified atom stereocenters. The van der Waals surface area contributed by atoms with Crippen molar-refractivity contribution >= 4 is 11.1 Å². The molecule has 32 heavy (non-hydrogen) atoms. The minimum absolute atomic E-state index is 0.188. The van der Waals surface area contributed by atoms with Gasteiger partial charge in [0.05, 0.1) is 19.2 Å². The number of fused-ring (bicyclic) bond motifs is 1. The van der Waals surface area contributed by atoms with Crippen LogP contribution in [-0.2, 0) is 18.9 Å². The van der Waals surface area contributed by atoms with Crippen LogP contribution in [-0.4, -0.2) is 54.2 Å². The molecule has 0 saturated carbocycles. The molecule has 1 N–H and O–H groups in total. The molecule has 180 valence electrons. The summed E-state index contributed by atoms with van der Waals surface area (Å²) in [6.45, 7) is 10.8. The van der Waals surface area contributed by atoms with Crippen molar-refractivity contribution in [3.8, 4) is 0 Å². The van der Waals surface area contributed by atoms with Crippen molar-refractivity contribution in [3.05, 3.63) is 28.5 Å². The standard InChI is InChI=1S/C24H38N2O6/c1-5-8-11-28-15-18-22(29-12-9-6-2)24(4,31-13-10-7-3)21(32-18)17-14-30-20-19(17)25-16-26-23(20)27/h14,16,18,21-22H,5-13,15H2,1-4H3,(H,25,26,27)/t18-,21+,22-,24+/m1/s1. The summed E-state index contributed by atoms with van der Waals surface area (Å²) < 4.78 is 30.9. The van der Waals surface area contributed by atoms with Gasteiger partial charge in [-0.25, -0.2) is 4.98 Å². The SMILES string of the molecule is CCCCOC[C@H]1O[C@@H](c2coc3c(=O)[nH]cnc23)[C@](C)(OCCCC)[C@@H]1OCCCC. The number of furan rings is 1. The highest BCUT2D eigenvalue weighted by Gasteiger charge is 2.57. The second-order valence-corrected chi connectivity index (χ2v) is 8.61. The molecular weight excluding hydrogens is 412 g/mol. The van der Waals surface area contributed by atoms with Crippen molar-refractivity contribution in [1.82, 2.24) is 9.97 Å². The van der Waals surface area contributed by atoms with Gasteiger partial charge in [0, 0.05) is 25.4 Å². The van der Waals surface area contributed by atoms with Crippen molar-refractivity contribution in [2.24, 2.45) is 0 Å². The highest BCUT2D eigenvalue weighted by Crippen LogP contribution is 2.47. The van der Waals surface area contributed by atoms with E-state index in [0.29, 0.717) is 37.5 Å². The zero-order valence-electron chi connectivity index (χ0n) is 19.9. The van der Waals surface area contributed by atoms with Crippen LogP contribution >= 0.6 is 0 Å². The molecule has 1 saturated heterocycles. The quantitative estimate of drug-likeness (QED) is 0.422. The summed E-state index contributed by atoms with van der Waals surface area (Å²) in [5.41, 5.74) is 0.285. The van der Waals surface area contributed by atoms with Crippen LogP contribution in [0.1, 0.15) is 77.9 Å². The first-order chi connectivity index (χ1) is 15.6. The lowest BCUT2D eigenvalue weighted by Gasteiger charge is -2.35. The molecular formula is C24H38N2O6. The zero-order valence-corrected chi connectivity index (χ0v) is 19.9. The maximum atomic E-state index is 12.2. The molecule has 1 aliphatic heterocycles. The van der Waals surface area contributed by atoms with Crippen LogP contribution in [0.25, 0.3) is 11.1 Å². The van der Waals surface area contributed by atoms with Crippen molar-refractivity contribution in [1.29, 1.82) is 0 Å². The molecule has 3 rings (SSSR count). The van der Waals surface area contributed by atoms with Crippen LogP contribution in [0, 0.1) is 0 Å². The highest BCUT2D eigenvalue weighted by molar-refractivity contribution is 5.75. The molecule has 0 spiro atoms. The number of hydrogen-bond donors (Lipinski definition) is 1. The molecule has 2 aromatic heterocycles. The Morgan fingerprint density at radius 2 is 1.81 bits per heavy atom. The third-order valence-corrected chi connectivity index (χ3v) is 6.03. The number of H-pyrrole nitrogens is 1. The van der Waals surface area contributed by atoms with E-state index in [-0.39, 0.29) is 23.4 Å². The molecule has 1 fully saturated rings. The van der Waals surface area contributed by atoms with Crippen molar-refractivity contribution in [2.45, 2.75) is 90.1 Å². The van der Waals surface area contributed by atoms with E-state index in [1.54, 1.807) is 6.26 Å². The van der Waals surface area contributed by atoms with Gasteiger partial charge in [0.1, 0.15) is 29.4 Å². The third kappa shape index (κ3) is 5.42. The number of nitrogens with zero attached hydrogens (tertiary/aromatic N) is 1. The lowest BCUT2D eigenvalue weighted by Crippen LogP contribution is -2.48. The Hall–Kier alpha value is -1.74. The number of aromatic nitrogens is 2. The average molecular weight is 451 g/mol. The van der Waals surface area contributed by atoms with Gasteiger partial charge in [-0.1, -0.05) is 40.0 Å². The number of rotatable bonds is 14. The Labute approximate surface area is 190 Å². The normalized spacial score (nSPS) is 25.7. The van der Waals surface area contributed by atoms with E-state index < -0.39 is 11.7 Å². The van der Waals surface area contributed by atoms with Crippen LogP contribution in [0.4, 0.5) is 0 Å². The van der Waals surface area contributed by atoms with E-state index >= 15 is 0 Å². The smallest absolute Gasteiger partial charge is 0.294 e. The fourth-order valence-electron chi connectivity index (χ4n) is 4.14. The molecule has 2 aromatic rings. The van der Waals surface area contributed by atoms with Gasteiger partial charge in [0.2, 0.25) is 5.58 Å². The van der Waals surface area contributed by atoms with E-state index in [4.69, 9.17) is 23.4 Å². The number of unbranched alkanes of at least 4 members (excludes halogenated alkanes) is 3. The first-order valence-corrected chi connectivity index (χ1v) is 12.0. The van der Waals surface area contributed by atoms with Gasteiger partial charge in [-0.15, -0.1) is 0 Å². The number of hydrogen-bond acceptors (Lipinski definition) is 7. The van der Waals surface area contributed by atoms with Crippen LogP contribution in [0.15, 0.2) is 21.8 Å². The molecule has 8 nitrogen and oxygen atoms in total. The van der Waals surface area contributed by atoms with Crippen molar-refractivity contribution < 1.29 is 23.4 Å². The Morgan fingerprint density at radius 1 is 1.09 bits per heavy atom. The molecule has 4 atom stereocenters. The average Bonchev–Trinajstić information content (AvgIpc) is 3.32. The molecule has 3 heterocycles. The van der Waals surface area contributed by atoms with Gasteiger partial charge < -0.3 is 28.3 Å². The third-order valence-electron chi connectivity index (χ3n) is 6.03. The summed E-state index contributed by atoms with van der Waals surface area (Å²) in [7, 11) is 0. The molecule has 0 radical (unpaired) electrons. The van der Waals surface area contributed by atoms with E-state index in [0.717, 1.165) is 38.5 Å². The lowest BCUT2D eigenvalue weighted by atomic mass is 9.88. The molecule has 0 amide bonds. The van der Waals surface area contributed by atoms with Crippen LogP contribution in [0.2, 0.25) is 0 Å². The van der Waals surface area contributed by atoms with E-state index in [2.05, 4.69) is 30.7 Å². The second kappa shape index (κ2) is 11.9. The summed E-state index contributed by atoms with van der Waals surface area (Å²) in [6, 6.07) is 0. The fourth-order valence-corrected chi connectivity index (χ4v) is 4.14. The van der Waals surface area contributed by atoms with Gasteiger partial charge in [0.15, 0.2) is 0 Å². The van der Waals surface area contributed by atoms with Crippen molar-refractivity contribution in [3.63, 3.8) is 0 Å². The largest absolute Gasteiger partial charge is 0.456 e. The molecule has 1 aliphatic rings. The maximum absolute atomic E-state index is 12.2. The first kappa shape index (κ1) is 24.9. The van der Waals surface area contributed by atoms with Crippen molar-refractivity contribution in [2.75, 3.05) is 26.4 Å². The summed E-state index contributed by atoms with van der Waals surface area (Å²) in [6.07, 6.45) is 7.87. The van der Waals surface area contributed by atoms with E-state index in [9.17, 15) is 4.79 Å². The summed E-state index contributed by atoms with van der Waals surface area (Å²) in [5.74, 6) is 0. The molecule has 8 heteroatoms. The second-order valence-electron chi connectivity index (χ2n) is 8.61. The maximum Gasteiger partial charge on any atom is 0.294 e. The Kier molecular flexibility index (Phi) is 9.28. The Bertz CT molecular complexity index is 881. The number of ether oxygens (including phenoxy) is 4. The lowest BCUT2D eigenvalue weighted by molar-refractivity contribution is -0.137.